The maximum absolute atomic E-state index is 12.6. The maximum Gasteiger partial charge on any atom is 0.318 e. The standard InChI is InChI=1S/C13H18ClNO5S/c1-13(2,3)15(8-12(16)17)21(18,19)9-5-6-11(20-4)10(14)7-9/h5-7H,8H2,1-4H3,(H,16,17). The summed E-state index contributed by atoms with van der Waals surface area (Å²) in [5.74, 6) is -0.885. The van der Waals surface area contributed by atoms with Crippen LogP contribution in [0.1, 0.15) is 20.8 Å². The number of nitrogens with zero attached hydrogens (tertiary/aromatic N) is 1. The number of methoxy groups -OCH3 is 1. The van der Waals surface area contributed by atoms with Gasteiger partial charge in [0.15, 0.2) is 0 Å². The number of sulfonamides is 1. The molecule has 0 aromatic heterocycles. The number of benzene rings is 1. The van der Waals surface area contributed by atoms with Crippen LogP contribution < -0.4 is 4.74 Å². The van der Waals surface area contributed by atoms with Gasteiger partial charge in [0.1, 0.15) is 12.3 Å². The minimum absolute atomic E-state index is 0.0792. The van der Waals surface area contributed by atoms with E-state index in [4.69, 9.17) is 21.4 Å². The first kappa shape index (κ1) is 17.7. The number of halogens is 1. The fraction of sp³-hybridized carbons (Fsp3) is 0.462. The van der Waals surface area contributed by atoms with E-state index in [1.807, 2.05) is 0 Å². The minimum Gasteiger partial charge on any atom is -0.495 e. The van der Waals surface area contributed by atoms with Crippen LogP contribution in [0.2, 0.25) is 5.02 Å². The zero-order valence-corrected chi connectivity index (χ0v) is 13.8. The fourth-order valence-corrected chi connectivity index (χ4v) is 3.83. The average Bonchev–Trinajstić information content (AvgIpc) is 2.34. The van der Waals surface area contributed by atoms with Gasteiger partial charge >= 0.3 is 5.97 Å². The SMILES string of the molecule is COc1ccc(S(=O)(=O)N(CC(=O)O)C(C)(C)C)cc1Cl. The Morgan fingerprint density at radius 2 is 1.95 bits per heavy atom. The van der Waals surface area contributed by atoms with Crippen molar-refractivity contribution in [2.75, 3.05) is 13.7 Å². The number of hydrogen-bond donors (Lipinski definition) is 1. The van der Waals surface area contributed by atoms with Gasteiger partial charge in [0.25, 0.3) is 0 Å². The molecule has 0 saturated carbocycles. The van der Waals surface area contributed by atoms with Crippen molar-refractivity contribution in [1.29, 1.82) is 0 Å². The van der Waals surface area contributed by atoms with Crippen molar-refractivity contribution in [2.45, 2.75) is 31.2 Å². The molecule has 8 heteroatoms. The summed E-state index contributed by atoms with van der Waals surface area (Å²) in [4.78, 5) is 10.9. The fourth-order valence-electron chi connectivity index (χ4n) is 1.74. The molecule has 0 fully saturated rings. The first-order valence-corrected chi connectivity index (χ1v) is 7.90. The summed E-state index contributed by atoms with van der Waals surface area (Å²) in [6.45, 7) is 4.24. The third-order valence-corrected chi connectivity index (χ3v) is 5.14. The first-order valence-electron chi connectivity index (χ1n) is 6.08. The highest BCUT2D eigenvalue weighted by atomic mass is 35.5. The topological polar surface area (TPSA) is 83.9 Å². The Hall–Kier alpha value is -1.31. The lowest BCUT2D eigenvalue weighted by Gasteiger charge is -2.33. The van der Waals surface area contributed by atoms with Gasteiger partial charge in [-0.15, -0.1) is 0 Å². The molecule has 0 aliphatic carbocycles. The summed E-state index contributed by atoms with van der Waals surface area (Å²) < 4.78 is 31.1. The summed E-state index contributed by atoms with van der Waals surface area (Å²) in [5, 5.41) is 9.08. The summed E-state index contributed by atoms with van der Waals surface area (Å²) >= 11 is 5.94. The van der Waals surface area contributed by atoms with Crippen LogP contribution in [0.25, 0.3) is 0 Å². The molecule has 1 aromatic carbocycles. The molecule has 6 nitrogen and oxygen atoms in total. The van der Waals surface area contributed by atoms with E-state index in [-0.39, 0.29) is 9.92 Å². The Labute approximate surface area is 129 Å². The number of carboxylic acids is 1. The zero-order valence-electron chi connectivity index (χ0n) is 12.3. The maximum atomic E-state index is 12.6. The van der Waals surface area contributed by atoms with Gasteiger partial charge in [0, 0.05) is 5.54 Å². The molecular weight excluding hydrogens is 318 g/mol. The van der Waals surface area contributed by atoms with Crippen molar-refractivity contribution in [2.24, 2.45) is 0 Å². The molecule has 0 spiro atoms. The second-order valence-corrected chi connectivity index (χ2v) is 7.64. The van der Waals surface area contributed by atoms with Crippen LogP contribution in [-0.4, -0.2) is 43.0 Å². The Balaban J connectivity index is 3.35. The smallest absolute Gasteiger partial charge is 0.318 e. The Morgan fingerprint density at radius 1 is 1.38 bits per heavy atom. The van der Waals surface area contributed by atoms with E-state index in [0.717, 1.165) is 4.31 Å². The summed E-state index contributed by atoms with van der Waals surface area (Å²) in [6.07, 6.45) is 0. The summed E-state index contributed by atoms with van der Waals surface area (Å²) in [6, 6.07) is 4.01. The summed E-state index contributed by atoms with van der Waals surface area (Å²) in [7, 11) is -2.57. The van der Waals surface area contributed by atoms with E-state index in [1.54, 1.807) is 20.8 Å². The monoisotopic (exact) mass is 335 g/mol. The lowest BCUT2D eigenvalue weighted by Crippen LogP contribution is -2.48. The van der Waals surface area contributed by atoms with Gasteiger partial charge < -0.3 is 9.84 Å². The molecule has 118 valence electrons. The molecule has 1 N–H and O–H groups in total. The Morgan fingerprint density at radius 3 is 2.33 bits per heavy atom. The van der Waals surface area contributed by atoms with E-state index < -0.39 is 28.1 Å². The van der Waals surface area contributed by atoms with Crippen LogP contribution in [-0.2, 0) is 14.8 Å². The highest BCUT2D eigenvalue weighted by molar-refractivity contribution is 7.89. The van der Waals surface area contributed by atoms with Crippen LogP contribution in [0.15, 0.2) is 23.1 Å². The Bertz CT molecular complexity index is 636. The predicted octanol–water partition coefficient (Wildman–Crippen LogP) is 2.22. The number of carboxylic acid groups (broad SMARTS) is 1. The molecule has 0 atom stereocenters. The highest BCUT2D eigenvalue weighted by Gasteiger charge is 2.35. The molecule has 0 heterocycles. The third-order valence-electron chi connectivity index (χ3n) is 2.74. The average molecular weight is 336 g/mol. The molecule has 0 saturated heterocycles. The molecule has 1 rings (SSSR count). The van der Waals surface area contributed by atoms with Gasteiger partial charge in [0.2, 0.25) is 10.0 Å². The van der Waals surface area contributed by atoms with E-state index in [2.05, 4.69) is 0 Å². The summed E-state index contributed by atoms with van der Waals surface area (Å²) in [5.41, 5.74) is -0.885. The lowest BCUT2D eigenvalue weighted by atomic mass is 10.1. The van der Waals surface area contributed by atoms with Crippen LogP contribution >= 0.6 is 11.6 Å². The molecule has 0 radical (unpaired) electrons. The van der Waals surface area contributed by atoms with Crippen molar-refractivity contribution in [3.8, 4) is 5.75 Å². The molecule has 0 bridgehead atoms. The molecule has 0 unspecified atom stereocenters. The molecule has 21 heavy (non-hydrogen) atoms. The number of aliphatic carboxylic acids is 1. The van der Waals surface area contributed by atoms with Crippen molar-refractivity contribution >= 4 is 27.6 Å². The largest absolute Gasteiger partial charge is 0.495 e. The van der Waals surface area contributed by atoms with Crippen LogP contribution in [0.4, 0.5) is 0 Å². The van der Waals surface area contributed by atoms with E-state index in [9.17, 15) is 13.2 Å². The molecule has 0 aliphatic heterocycles. The first-order chi connectivity index (χ1) is 9.50. The molecule has 1 aromatic rings. The van der Waals surface area contributed by atoms with E-state index in [1.165, 1.54) is 25.3 Å². The van der Waals surface area contributed by atoms with E-state index >= 15 is 0 Å². The molecule has 0 amide bonds. The van der Waals surface area contributed by atoms with Gasteiger partial charge in [-0.05, 0) is 39.0 Å². The second-order valence-electron chi connectivity index (χ2n) is 5.37. The highest BCUT2D eigenvalue weighted by Crippen LogP contribution is 2.30. The third kappa shape index (κ3) is 4.09. The van der Waals surface area contributed by atoms with Gasteiger partial charge in [0.05, 0.1) is 17.0 Å². The number of hydrogen-bond acceptors (Lipinski definition) is 4. The van der Waals surface area contributed by atoms with E-state index in [0.29, 0.717) is 5.75 Å². The molecular formula is C13H18ClNO5S. The number of ether oxygens (including phenoxy) is 1. The van der Waals surface area contributed by atoms with Crippen molar-refractivity contribution in [1.82, 2.24) is 4.31 Å². The zero-order chi connectivity index (χ0) is 16.4. The van der Waals surface area contributed by atoms with Gasteiger partial charge in [-0.2, -0.15) is 4.31 Å². The van der Waals surface area contributed by atoms with Gasteiger partial charge in [-0.25, -0.2) is 8.42 Å². The van der Waals surface area contributed by atoms with Crippen LogP contribution in [0.5, 0.6) is 5.75 Å². The Kier molecular flexibility index (Phi) is 5.25. The van der Waals surface area contributed by atoms with Crippen LogP contribution in [0.3, 0.4) is 0 Å². The van der Waals surface area contributed by atoms with Gasteiger partial charge in [-0.3, -0.25) is 4.79 Å². The van der Waals surface area contributed by atoms with Gasteiger partial charge in [-0.1, -0.05) is 11.6 Å². The lowest BCUT2D eigenvalue weighted by molar-refractivity contribution is -0.138. The predicted molar refractivity (Wildman–Crippen MR) is 79.3 cm³/mol. The van der Waals surface area contributed by atoms with Crippen molar-refractivity contribution < 1.29 is 23.1 Å². The second kappa shape index (κ2) is 6.21. The molecule has 0 aliphatic rings. The van der Waals surface area contributed by atoms with Crippen LogP contribution in [0, 0.1) is 0 Å². The van der Waals surface area contributed by atoms with Crippen molar-refractivity contribution in [3.63, 3.8) is 0 Å². The van der Waals surface area contributed by atoms with Crippen molar-refractivity contribution in [3.05, 3.63) is 23.2 Å². The number of rotatable bonds is 5. The number of carbonyl (C=O) groups is 1. The quantitative estimate of drug-likeness (QED) is 0.892. The minimum atomic E-state index is -3.99. The normalized spacial score (nSPS) is 12.5.